The van der Waals surface area contributed by atoms with Crippen LogP contribution in [0.2, 0.25) is 0 Å². The molecule has 5 heterocycles. The van der Waals surface area contributed by atoms with E-state index in [1.54, 1.807) is 0 Å². The minimum Gasteiger partial charge on any atom is -0.465 e. The van der Waals surface area contributed by atoms with Crippen molar-refractivity contribution in [3.05, 3.63) is 60.9 Å². The third-order valence-electron chi connectivity index (χ3n) is 10.7. The molecule has 3 N–H and O–H groups in total. The van der Waals surface area contributed by atoms with E-state index in [4.69, 9.17) is 20.7 Å². The van der Waals surface area contributed by atoms with Crippen molar-refractivity contribution in [2.75, 3.05) is 45.0 Å². The summed E-state index contributed by atoms with van der Waals surface area (Å²) in [5.74, 6) is 2.01. The molecule has 1 aliphatic carbocycles. The monoisotopic (exact) mass is 608 g/mol. The van der Waals surface area contributed by atoms with Gasteiger partial charge in [-0.1, -0.05) is 18.2 Å². The standard InChI is InChI=1S/C34H40N8O3/c35-31-29-30(23-6-8-28(9-7-23)45-27-4-2-1-3-5-27)38-42(32(29)37-22-36-31)25-12-16-39(17-13-25)24-10-14-34(15-11-24)20-41(21-34)26-18-40(19-26)33(43)44/h1-9,22,24-26H,10-21H2,(H,43,44)(H2,35,36,37). The second kappa shape index (κ2) is 11.3. The molecule has 0 radical (unpaired) electrons. The van der Waals surface area contributed by atoms with Crippen molar-refractivity contribution >= 4 is 22.9 Å². The van der Waals surface area contributed by atoms with Crippen LogP contribution in [0.25, 0.3) is 22.3 Å². The summed E-state index contributed by atoms with van der Waals surface area (Å²) in [6.45, 7) is 5.74. The Morgan fingerprint density at radius 3 is 2.22 bits per heavy atom. The Bertz CT molecular complexity index is 1660. The number of hydrogen-bond donors (Lipinski definition) is 2. The van der Waals surface area contributed by atoms with Crippen molar-refractivity contribution in [2.24, 2.45) is 5.41 Å². The second-order valence-corrected chi connectivity index (χ2v) is 13.4. The number of hydrogen-bond acceptors (Lipinski definition) is 8. The average Bonchev–Trinajstić information content (AvgIpc) is 3.42. The van der Waals surface area contributed by atoms with Gasteiger partial charge in [-0.05, 0) is 80.3 Å². The molecular weight excluding hydrogens is 568 g/mol. The molecule has 11 heteroatoms. The highest BCUT2D eigenvalue weighted by molar-refractivity contribution is 5.98. The summed E-state index contributed by atoms with van der Waals surface area (Å²) < 4.78 is 8.09. The smallest absolute Gasteiger partial charge is 0.407 e. The SMILES string of the molecule is Nc1ncnc2c1c(-c1ccc(Oc3ccccc3)cc1)nn2C1CCN(C2CCC3(CC2)CN(C2CN(C(=O)O)C2)C3)CC1. The first-order valence-electron chi connectivity index (χ1n) is 16.2. The molecule has 1 spiro atoms. The normalized spacial score (nSPS) is 21.6. The molecule has 1 amide bonds. The lowest BCUT2D eigenvalue weighted by Gasteiger charge is -2.59. The van der Waals surface area contributed by atoms with Crippen LogP contribution in [0.15, 0.2) is 60.9 Å². The van der Waals surface area contributed by atoms with Gasteiger partial charge in [0.15, 0.2) is 5.65 Å². The van der Waals surface area contributed by atoms with E-state index in [-0.39, 0.29) is 6.04 Å². The summed E-state index contributed by atoms with van der Waals surface area (Å²) >= 11 is 0. The molecular formula is C34H40N8O3. The van der Waals surface area contributed by atoms with E-state index in [2.05, 4.69) is 24.4 Å². The molecule has 3 aliphatic heterocycles. The van der Waals surface area contributed by atoms with E-state index in [0.717, 1.165) is 72.8 Å². The third-order valence-corrected chi connectivity index (χ3v) is 10.7. The van der Waals surface area contributed by atoms with Gasteiger partial charge >= 0.3 is 6.09 Å². The number of likely N-dealkylation sites (tertiary alicyclic amines) is 3. The first kappa shape index (κ1) is 28.3. The molecule has 0 unspecified atom stereocenters. The van der Waals surface area contributed by atoms with Gasteiger partial charge in [0.25, 0.3) is 0 Å². The molecule has 3 saturated heterocycles. The maximum atomic E-state index is 11.1. The van der Waals surface area contributed by atoms with Crippen LogP contribution in [0.4, 0.5) is 10.6 Å². The third kappa shape index (κ3) is 5.27. The zero-order chi connectivity index (χ0) is 30.5. The number of piperidine rings is 1. The van der Waals surface area contributed by atoms with Gasteiger partial charge in [-0.2, -0.15) is 5.10 Å². The van der Waals surface area contributed by atoms with E-state index in [9.17, 15) is 4.79 Å². The summed E-state index contributed by atoms with van der Waals surface area (Å²) in [7, 11) is 0. The highest BCUT2D eigenvalue weighted by atomic mass is 16.5. The van der Waals surface area contributed by atoms with Gasteiger partial charge in [0.1, 0.15) is 29.3 Å². The van der Waals surface area contributed by atoms with E-state index in [0.29, 0.717) is 36.4 Å². The fourth-order valence-corrected chi connectivity index (χ4v) is 8.07. The van der Waals surface area contributed by atoms with Gasteiger partial charge in [0, 0.05) is 56.9 Å². The molecule has 4 fully saturated rings. The molecule has 0 bridgehead atoms. The number of amides is 1. The molecule has 234 valence electrons. The van der Waals surface area contributed by atoms with E-state index in [1.165, 1.54) is 36.9 Å². The Balaban J connectivity index is 0.900. The van der Waals surface area contributed by atoms with Crippen LogP contribution in [-0.2, 0) is 0 Å². The maximum absolute atomic E-state index is 11.1. The molecule has 4 aromatic rings. The minimum atomic E-state index is -0.788. The number of carboxylic acid groups (broad SMARTS) is 1. The zero-order valence-corrected chi connectivity index (χ0v) is 25.5. The predicted octanol–water partition coefficient (Wildman–Crippen LogP) is 5.11. The number of anilines is 1. The summed E-state index contributed by atoms with van der Waals surface area (Å²) in [5.41, 5.74) is 9.43. The molecule has 1 saturated carbocycles. The Hall–Kier alpha value is -4.22. The Morgan fingerprint density at radius 1 is 0.844 bits per heavy atom. The lowest BCUT2D eigenvalue weighted by Crippen LogP contribution is -2.70. The Morgan fingerprint density at radius 2 is 1.53 bits per heavy atom. The number of benzene rings is 2. The minimum absolute atomic E-state index is 0.260. The quantitative estimate of drug-likeness (QED) is 0.307. The number of aromatic nitrogens is 4. The van der Waals surface area contributed by atoms with Crippen LogP contribution in [0.3, 0.4) is 0 Å². The van der Waals surface area contributed by atoms with Gasteiger partial charge in [0.2, 0.25) is 0 Å². The van der Waals surface area contributed by atoms with E-state index < -0.39 is 6.09 Å². The molecule has 0 atom stereocenters. The van der Waals surface area contributed by atoms with Gasteiger partial charge in [-0.3, -0.25) is 4.90 Å². The largest absolute Gasteiger partial charge is 0.465 e. The lowest BCUT2D eigenvalue weighted by atomic mass is 9.66. The Kier molecular flexibility index (Phi) is 7.09. The van der Waals surface area contributed by atoms with E-state index in [1.807, 2.05) is 54.6 Å². The molecule has 2 aromatic heterocycles. The van der Waals surface area contributed by atoms with Crippen LogP contribution in [-0.4, -0.2) is 97.0 Å². The first-order chi connectivity index (χ1) is 21.9. The predicted molar refractivity (Wildman–Crippen MR) is 171 cm³/mol. The molecule has 8 rings (SSSR count). The van der Waals surface area contributed by atoms with Crippen molar-refractivity contribution in [1.82, 2.24) is 34.4 Å². The number of nitrogens with two attached hydrogens (primary N) is 1. The van der Waals surface area contributed by atoms with Gasteiger partial charge < -0.3 is 25.4 Å². The molecule has 11 nitrogen and oxygen atoms in total. The first-order valence-corrected chi connectivity index (χ1v) is 16.2. The van der Waals surface area contributed by atoms with Crippen molar-refractivity contribution in [2.45, 2.75) is 56.7 Å². The van der Waals surface area contributed by atoms with Crippen LogP contribution in [0, 0.1) is 5.41 Å². The molecule has 2 aromatic carbocycles. The number of nitrogen functional groups attached to an aromatic ring is 1. The highest BCUT2D eigenvalue weighted by Crippen LogP contribution is 2.47. The number of fused-ring (bicyclic) bond motifs is 1. The maximum Gasteiger partial charge on any atom is 0.407 e. The van der Waals surface area contributed by atoms with Crippen molar-refractivity contribution in [1.29, 1.82) is 0 Å². The van der Waals surface area contributed by atoms with Gasteiger partial charge in [-0.25, -0.2) is 19.4 Å². The van der Waals surface area contributed by atoms with Gasteiger partial charge in [-0.15, -0.1) is 0 Å². The van der Waals surface area contributed by atoms with Crippen LogP contribution in [0.5, 0.6) is 11.5 Å². The Labute approximate surface area is 262 Å². The fraction of sp³-hybridized carbons (Fsp3) is 0.471. The van der Waals surface area contributed by atoms with Crippen LogP contribution >= 0.6 is 0 Å². The molecule has 4 aliphatic rings. The van der Waals surface area contributed by atoms with Crippen LogP contribution in [0.1, 0.15) is 44.6 Å². The number of nitrogens with zero attached hydrogens (tertiary/aromatic N) is 7. The number of rotatable bonds is 6. The topological polar surface area (TPSA) is 126 Å². The lowest BCUT2D eigenvalue weighted by molar-refractivity contribution is -0.0986. The summed E-state index contributed by atoms with van der Waals surface area (Å²) in [6, 6.07) is 19.1. The number of para-hydroxylation sites is 1. The van der Waals surface area contributed by atoms with Crippen molar-refractivity contribution in [3.63, 3.8) is 0 Å². The summed E-state index contributed by atoms with van der Waals surface area (Å²) in [6.07, 6.45) is 7.88. The van der Waals surface area contributed by atoms with Crippen molar-refractivity contribution < 1.29 is 14.6 Å². The van der Waals surface area contributed by atoms with Crippen LogP contribution < -0.4 is 10.5 Å². The van der Waals surface area contributed by atoms with Crippen molar-refractivity contribution in [3.8, 4) is 22.8 Å². The fourth-order valence-electron chi connectivity index (χ4n) is 8.07. The average molecular weight is 609 g/mol. The zero-order valence-electron chi connectivity index (χ0n) is 25.5. The number of ether oxygens (including phenoxy) is 1. The summed E-state index contributed by atoms with van der Waals surface area (Å²) in [4.78, 5) is 26.8. The van der Waals surface area contributed by atoms with Gasteiger partial charge in [0.05, 0.1) is 11.4 Å². The van der Waals surface area contributed by atoms with E-state index >= 15 is 0 Å². The number of carbonyl (C=O) groups is 1. The summed E-state index contributed by atoms with van der Waals surface area (Å²) in [5, 5.41) is 15.1. The second-order valence-electron chi connectivity index (χ2n) is 13.4. The molecule has 45 heavy (non-hydrogen) atoms. The highest BCUT2D eigenvalue weighted by Gasteiger charge is 2.50.